The highest BCUT2D eigenvalue weighted by Crippen LogP contribution is 2.39. The maximum Gasteiger partial charge on any atom is 0.228 e. The van der Waals surface area contributed by atoms with Gasteiger partial charge in [-0.15, -0.1) is 12.4 Å². The van der Waals surface area contributed by atoms with E-state index in [9.17, 15) is 4.79 Å². The third-order valence-corrected chi connectivity index (χ3v) is 4.09. The number of nitrogens with zero attached hydrogens (tertiary/aromatic N) is 1. The molecule has 2 aromatic rings. The molecular weight excluding hydrogens is 286 g/mol. The number of aromatic nitrogens is 1. The van der Waals surface area contributed by atoms with E-state index in [1.807, 2.05) is 30.5 Å². The number of hydrogen-bond acceptors (Lipinski definition) is 3. The normalized spacial score (nSPS) is 22.2. The molecule has 5 heteroatoms. The van der Waals surface area contributed by atoms with E-state index in [2.05, 4.69) is 16.4 Å². The van der Waals surface area contributed by atoms with Crippen LogP contribution in [-0.4, -0.2) is 16.9 Å². The van der Waals surface area contributed by atoms with E-state index >= 15 is 0 Å². The van der Waals surface area contributed by atoms with Crippen molar-refractivity contribution in [2.45, 2.75) is 24.8 Å². The summed E-state index contributed by atoms with van der Waals surface area (Å²) in [5.74, 6) is 0.541. The van der Waals surface area contributed by atoms with Crippen molar-refractivity contribution in [1.82, 2.24) is 4.98 Å². The predicted molar refractivity (Wildman–Crippen MR) is 84.6 cm³/mol. The lowest BCUT2D eigenvalue weighted by atomic mass is 10.1. The third kappa shape index (κ3) is 2.52. The summed E-state index contributed by atoms with van der Waals surface area (Å²) in [5.41, 5.74) is 11.0. The molecule has 0 spiro atoms. The van der Waals surface area contributed by atoms with Crippen LogP contribution in [0.3, 0.4) is 0 Å². The number of anilines is 1. The summed E-state index contributed by atoms with van der Waals surface area (Å²) in [4.78, 5) is 15.9. The van der Waals surface area contributed by atoms with Crippen LogP contribution in [0.2, 0.25) is 0 Å². The lowest BCUT2D eigenvalue weighted by Crippen LogP contribution is -2.03. The van der Waals surface area contributed by atoms with E-state index in [1.165, 1.54) is 5.56 Å². The molecule has 1 aliphatic heterocycles. The molecule has 0 radical (unpaired) electrons. The van der Waals surface area contributed by atoms with E-state index in [0.29, 0.717) is 18.4 Å². The number of carbonyl (C=O) groups excluding carboxylic acids is 1. The molecule has 1 fully saturated rings. The van der Waals surface area contributed by atoms with Crippen LogP contribution in [0.4, 0.5) is 5.69 Å². The number of halogens is 1. The summed E-state index contributed by atoms with van der Waals surface area (Å²) in [6.45, 7) is 0. The van der Waals surface area contributed by atoms with Crippen molar-refractivity contribution < 1.29 is 4.79 Å². The average Bonchev–Trinajstić information content (AvgIpc) is 3.06. The zero-order chi connectivity index (χ0) is 13.7. The van der Waals surface area contributed by atoms with Gasteiger partial charge in [-0.3, -0.25) is 9.78 Å². The molecule has 4 rings (SSSR count). The summed E-state index contributed by atoms with van der Waals surface area (Å²) in [6, 6.07) is 10.4. The SMILES string of the molecule is Cl.N[C@@H]1C[C@H]1c1ccc(-c2ccc3c(c2)NC(=O)C3)nc1. The standard InChI is InChI=1S/C16H15N3O.ClH/c17-13-7-12(13)11-3-4-14(18-8-11)9-1-2-10-6-16(20)19-15(10)5-9;/h1-5,8,12-13H,6-7,17H2,(H,19,20);1H/t12-,13+;/m0./s1. The van der Waals surface area contributed by atoms with Gasteiger partial charge in [0.2, 0.25) is 5.91 Å². The minimum Gasteiger partial charge on any atom is -0.327 e. The van der Waals surface area contributed by atoms with Crippen molar-refractivity contribution in [3.05, 3.63) is 47.7 Å². The molecule has 4 nitrogen and oxygen atoms in total. The number of hydrogen-bond donors (Lipinski definition) is 2. The van der Waals surface area contributed by atoms with Crippen LogP contribution in [0.15, 0.2) is 36.5 Å². The first-order valence-electron chi connectivity index (χ1n) is 6.85. The Kier molecular flexibility index (Phi) is 3.43. The summed E-state index contributed by atoms with van der Waals surface area (Å²) in [5, 5.41) is 2.87. The largest absolute Gasteiger partial charge is 0.327 e. The highest BCUT2D eigenvalue weighted by atomic mass is 35.5. The number of amides is 1. The fourth-order valence-corrected chi connectivity index (χ4v) is 2.77. The lowest BCUT2D eigenvalue weighted by Gasteiger charge is -2.05. The third-order valence-electron chi connectivity index (χ3n) is 4.09. The van der Waals surface area contributed by atoms with Gasteiger partial charge in [0.1, 0.15) is 0 Å². The van der Waals surface area contributed by atoms with Crippen molar-refractivity contribution in [3.63, 3.8) is 0 Å². The van der Waals surface area contributed by atoms with Crippen molar-refractivity contribution in [1.29, 1.82) is 0 Å². The Hall–Kier alpha value is -1.91. The molecule has 2 atom stereocenters. The van der Waals surface area contributed by atoms with E-state index < -0.39 is 0 Å². The van der Waals surface area contributed by atoms with Crippen LogP contribution >= 0.6 is 12.4 Å². The molecule has 0 saturated heterocycles. The number of nitrogens with two attached hydrogens (primary N) is 1. The van der Waals surface area contributed by atoms with E-state index in [4.69, 9.17) is 5.73 Å². The van der Waals surface area contributed by atoms with Gasteiger partial charge < -0.3 is 11.1 Å². The van der Waals surface area contributed by atoms with Crippen molar-refractivity contribution >= 4 is 24.0 Å². The van der Waals surface area contributed by atoms with Gasteiger partial charge in [0, 0.05) is 29.4 Å². The number of rotatable bonds is 2. The van der Waals surface area contributed by atoms with Gasteiger partial charge in [-0.05, 0) is 29.7 Å². The first-order chi connectivity index (χ1) is 9.70. The van der Waals surface area contributed by atoms with Gasteiger partial charge in [0.05, 0.1) is 12.1 Å². The van der Waals surface area contributed by atoms with Crippen LogP contribution < -0.4 is 11.1 Å². The fourth-order valence-electron chi connectivity index (χ4n) is 2.77. The maximum absolute atomic E-state index is 11.4. The molecule has 1 saturated carbocycles. The van der Waals surface area contributed by atoms with Crippen LogP contribution in [-0.2, 0) is 11.2 Å². The number of benzene rings is 1. The minimum absolute atomic E-state index is 0. The van der Waals surface area contributed by atoms with Crippen LogP contribution in [0.1, 0.15) is 23.5 Å². The molecule has 1 aromatic heterocycles. The zero-order valence-electron chi connectivity index (χ0n) is 11.4. The van der Waals surface area contributed by atoms with Crippen LogP contribution in [0, 0.1) is 0 Å². The Morgan fingerprint density at radius 2 is 2.05 bits per heavy atom. The van der Waals surface area contributed by atoms with Crippen molar-refractivity contribution in [3.8, 4) is 11.3 Å². The predicted octanol–water partition coefficient (Wildman–Crippen LogP) is 2.48. The molecule has 2 heterocycles. The Balaban J connectivity index is 0.00000132. The monoisotopic (exact) mass is 301 g/mol. The molecule has 21 heavy (non-hydrogen) atoms. The molecule has 1 aromatic carbocycles. The van der Waals surface area contributed by atoms with Crippen molar-refractivity contribution in [2.75, 3.05) is 5.32 Å². The van der Waals surface area contributed by atoms with E-state index in [-0.39, 0.29) is 18.3 Å². The smallest absolute Gasteiger partial charge is 0.228 e. The van der Waals surface area contributed by atoms with Gasteiger partial charge >= 0.3 is 0 Å². The lowest BCUT2D eigenvalue weighted by molar-refractivity contribution is -0.115. The molecule has 108 valence electrons. The molecule has 1 aliphatic carbocycles. The Labute approximate surface area is 129 Å². The van der Waals surface area contributed by atoms with Gasteiger partial charge in [-0.25, -0.2) is 0 Å². The molecule has 1 amide bonds. The quantitative estimate of drug-likeness (QED) is 0.895. The van der Waals surface area contributed by atoms with Crippen LogP contribution in [0.5, 0.6) is 0 Å². The summed E-state index contributed by atoms with van der Waals surface area (Å²) < 4.78 is 0. The summed E-state index contributed by atoms with van der Waals surface area (Å²) >= 11 is 0. The van der Waals surface area contributed by atoms with Gasteiger partial charge in [0.25, 0.3) is 0 Å². The Morgan fingerprint density at radius 1 is 1.24 bits per heavy atom. The van der Waals surface area contributed by atoms with Gasteiger partial charge in [-0.1, -0.05) is 18.2 Å². The maximum atomic E-state index is 11.4. The van der Waals surface area contributed by atoms with E-state index in [1.54, 1.807) is 0 Å². The van der Waals surface area contributed by atoms with Gasteiger partial charge in [-0.2, -0.15) is 0 Å². The Morgan fingerprint density at radius 3 is 2.71 bits per heavy atom. The number of carbonyl (C=O) groups is 1. The van der Waals surface area contributed by atoms with E-state index in [0.717, 1.165) is 28.9 Å². The summed E-state index contributed by atoms with van der Waals surface area (Å²) in [7, 11) is 0. The molecule has 3 N–H and O–H groups in total. The minimum atomic E-state index is 0. The number of fused-ring (bicyclic) bond motifs is 1. The fraction of sp³-hybridized carbons (Fsp3) is 0.250. The van der Waals surface area contributed by atoms with Gasteiger partial charge in [0.15, 0.2) is 0 Å². The zero-order valence-corrected chi connectivity index (χ0v) is 12.2. The second-order valence-corrected chi connectivity index (χ2v) is 5.58. The number of pyridine rings is 1. The number of nitrogens with one attached hydrogen (secondary N) is 1. The first-order valence-corrected chi connectivity index (χ1v) is 6.85. The Bertz CT molecular complexity index is 699. The topological polar surface area (TPSA) is 68.0 Å². The molecular formula is C16H16ClN3O. The highest BCUT2D eigenvalue weighted by Gasteiger charge is 2.34. The second-order valence-electron chi connectivity index (χ2n) is 5.58. The highest BCUT2D eigenvalue weighted by molar-refractivity contribution is 5.99. The molecule has 2 aliphatic rings. The molecule has 0 unspecified atom stereocenters. The molecule has 0 bridgehead atoms. The van der Waals surface area contributed by atoms with Crippen LogP contribution in [0.25, 0.3) is 11.3 Å². The first kappa shape index (κ1) is 14.0. The average molecular weight is 302 g/mol. The second kappa shape index (κ2) is 5.13. The van der Waals surface area contributed by atoms with Crippen molar-refractivity contribution in [2.24, 2.45) is 5.73 Å². The summed E-state index contributed by atoms with van der Waals surface area (Å²) in [6.07, 6.45) is 3.45.